The summed E-state index contributed by atoms with van der Waals surface area (Å²) in [5, 5.41) is 2.97. The molecule has 0 saturated carbocycles. The summed E-state index contributed by atoms with van der Waals surface area (Å²) in [5.74, 6) is 0.808. The number of amides is 1. The first kappa shape index (κ1) is 19.4. The molecule has 4 aromatic rings. The molecule has 0 spiro atoms. The topological polar surface area (TPSA) is 86.8 Å². The van der Waals surface area contributed by atoms with Gasteiger partial charge in [0, 0.05) is 35.2 Å². The Bertz CT molecular complexity index is 1200. The molecule has 0 bridgehead atoms. The lowest BCUT2D eigenvalue weighted by Crippen LogP contribution is -2.26. The zero-order valence-electron chi connectivity index (χ0n) is 17.4. The number of likely N-dealkylation sites (tertiary alicyclic amines) is 1. The molecule has 0 radical (unpaired) electrons. The maximum atomic E-state index is 12.7. The summed E-state index contributed by atoms with van der Waals surface area (Å²) < 4.78 is 0. The summed E-state index contributed by atoms with van der Waals surface area (Å²) >= 11 is 0. The molecular weight excluding hydrogens is 388 g/mol. The van der Waals surface area contributed by atoms with E-state index in [1.165, 1.54) is 12.8 Å². The lowest BCUT2D eigenvalue weighted by atomic mass is 10.1. The fourth-order valence-corrected chi connectivity index (χ4v) is 4.08. The summed E-state index contributed by atoms with van der Waals surface area (Å²) in [7, 11) is 0. The minimum atomic E-state index is -0.157. The highest BCUT2D eigenvalue weighted by atomic mass is 16.1. The van der Waals surface area contributed by atoms with Crippen LogP contribution >= 0.6 is 0 Å². The van der Waals surface area contributed by atoms with Gasteiger partial charge in [0.2, 0.25) is 0 Å². The summed E-state index contributed by atoms with van der Waals surface area (Å²) in [6, 6.07) is 13.7. The molecule has 156 valence electrons. The van der Waals surface area contributed by atoms with Gasteiger partial charge in [0.1, 0.15) is 5.82 Å². The molecule has 0 unspecified atom stereocenters. The number of carbonyl (C=O) groups is 1. The second-order valence-electron chi connectivity index (χ2n) is 8.00. The van der Waals surface area contributed by atoms with E-state index in [4.69, 9.17) is 4.98 Å². The van der Waals surface area contributed by atoms with Crippen molar-refractivity contribution in [3.63, 3.8) is 0 Å². The first-order valence-corrected chi connectivity index (χ1v) is 10.6. The summed E-state index contributed by atoms with van der Waals surface area (Å²) in [6.45, 7) is 4.22. The van der Waals surface area contributed by atoms with Gasteiger partial charge in [-0.2, -0.15) is 0 Å². The van der Waals surface area contributed by atoms with E-state index in [0.717, 1.165) is 46.9 Å². The molecule has 1 aliphatic heterocycles. The molecule has 2 N–H and O–H groups in total. The summed E-state index contributed by atoms with van der Waals surface area (Å²) in [6.07, 6.45) is 7.48. The summed E-state index contributed by atoms with van der Waals surface area (Å²) in [5.41, 5.74) is 4.86. The normalized spacial score (nSPS) is 16.6. The van der Waals surface area contributed by atoms with Crippen molar-refractivity contribution < 1.29 is 4.79 Å². The molecule has 1 atom stereocenters. The molecule has 2 aromatic heterocycles. The van der Waals surface area contributed by atoms with Gasteiger partial charge in [-0.1, -0.05) is 12.1 Å². The number of imidazole rings is 1. The minimum absolute atomic E-state index is 0.157. The number of benzene rings is 2. The molecule has 0 aliphatic carbocycles. The molecule has 1 saturated heterocycles. The molecule has 3 heterocycles. The number of rotatable bonds is 5. The highest BCUT2D eigenvalue weighted by molar-refractivity contribution is 6.05. The highest BCUT2D eigenvalue weighted by Gasteiger charge is 2.21. The minimum Gasteiger partial charge on any atom is -0.341 e. The number of nitrogens with one attached hydrogen (secondary N) is 2. The number of aromatic nitrogens is 4. The van der Waals surface area contributed by atoms with E-state index >= 15 is 0 Å². The van der Waals surface area contributed by atoms with E-state index in [1.54, 1.807) is 30.7 Å². The van der Waals surface area contributed by atoms with Gasteiger partial charge in [-0.15, -0.1) is 0 Å². The van der Waals surface area contributed by atoms with Gasteiger partial charge in [-0.05, 0) is 56.6 Å². The predicted octanol–water partition coefficient (Wildman–Crippen LogP) is 4.26. The lowest BCUT2D eigenvalue weighted by molar-refractivity contribution is 0.102. The molecule has 1 fully saturated rings. The van der Waals surface area contributed by atoms with E-state index in [9.17, 15) is 4.79 Å². The van der Waals surface area contributed by atoms with Crippen LogP contribution in [0.1, 0.15) is 35.9 Å². The first-order valence-electron chi connectivity index (χ1n) is 10.6. The van der Waals surface area contributed by atoms with Crippen LogP contribution in [-0.2, 0) is 6.54 Å². The van der Waals surface area contributed by atoms with Crippen LogP contribution in [0.2, 0.25) is 0 Å². The molecule has 7 heteroatoms. The van der Waals surface area contributed by atoms with Crippen LogP contribution in [0.4, 0.5) is 5.69 Å². The third kappa shape index (κ3) is 4.18. The average molecular weight is 412 g/mol. The fraction of sp³-hybridized carbons (Fsp3) is 0.250. The van der Waals surface area contributed by atoms with Gasteiger partial charge in [0.25, 0.3) is 5.91 Å². The van der Waals surface area contributed by atoms with Gasteiger partial charge in [-0.25, -0.2) is 4.98 Å². The molecule has 2 aromatic carbocycles. The number of carbonyl (C=O) groups excluding carboxylic acids is 1. The van der Waals surface area contributed by atoms with Gasteiger partial charge in [0.15, 0.2) is 0 Å². The van der Waals surface area contributed by atoms with Gasteiger partial charge in [0.05, 0.1) is 29.5 Å². The second kappa shape index (κ2) is 8.28. The van der Waals surface area contributed by atoms with E-state index in [2.05, 4.69) is 32.1 Å². The molecule has 31 heavy (non-hydrogen) atoms. The monoisotopic (exact) mass is 412 g/mol. The predicted molar refractivity (Wildman–Crippen MR) is 121 cm³/mol. The van der Waals surface area contributed by atoms with Crippen molar-refractivity contribution in [1.82, 2.24) is 24.8 Å². The van der Waals surface area contributed by atoms with Crippen LogP contribution in [0.5, 0.6) is 0 Å². The lowest BCUT2D eigenvalue weighted by Gasteiger charge is -2.19. The highest BCUT2D eigenvalue weighted by Crippen LogP contribution is 2.22. The quantitative estimate of drug-likeness (QED) is 0.512. The van der Waals surface area contributed by atoms with Crippen LogP contribution in [0.15, 0.2) is 61.1 Å². The number of nitrogens with zero attached hydrogens (tertiary/aromatic N) is 4. The van der Waals surface area contributed by atoms with Crippen molar-refractivity contribution in [2.24, 2.45) is 0 Å². The standard InChI is InChI=1S/C24H24N6O/c1-16-3-2-12-30(16)15-23-28-20-9-8-19(13-21(20)29-23)27-24(31)18-6-4-17(5-7-18)22-14-25-10-11-26-22/h4-11,13-14,16H,2-3,12,15H2,1H3,(H,27,31)(H,28,29)/t16-/m0/s1. The van der Waals surface area contributed by atoms with Crippen molar-refractivity contribution in [3.8, 4) is 11.3 Å². The van der Waals surface area contributed by atoms with Crippen molar-refractivity contribution in [2.45, 2.75) is 32.4 Å². The van der Waals surface area contributed by atoms with Crippen molar-refractivity contribution in [1.29, 1.82) is 0 Å². The number of anilines is 1. The van der Waals surface area contributed by atoms with Gasteiger partial charge < -0.3 is 10.3 Å². The van der Waals surface area contributed by atoms with Crippen molar-refractivity contribution in [3.05, 3.63) is 72.4 Å². The van der Waals surface area contributed by atoms with Crippen molar-refractivity contribution in [2.75, 3.05) is 11.9 Å². The van der Waals surface area contributed by atoms with E-state index in [-0.39, 0.29) is 5.91 Å². The van der Waals surface area contributed by atoms with Crippen LogP contribution in [0.25, 0.3) is 22.3 Å². The van der Waals surface area contributed by atoms with Crippen LogP contribution in [0.3, 0.4) is 0 Å². The third-order valence-corrected chi connectivity index (χ3v) is 5.84. The molecule has 1 aliphatic rings. The summed E-state index contributed by atoms with van der Waals surface area (Å²) in [4.78, 5) is 31.6. The van der Waals surface area contributed by atoms with E-state index in [1.807, 2.05) is 30.3 Å². The Morgan fingerprint density at radius 3 is 2.81 bits per heavy atom. The van der Waals surface area contributed by atoms with Crippen LogP contribution in [0, 0.1) is 0 Å². The fourth-order valence-electron chi connectivity index (χ4n) is 4.08. The third-order valence-electron chi connectivity index (χ3n) is 5.84. The number of hydrogen-bond acceptors (Lipinski definition) is 5. The number of hydrogen-bond donors (Lipinski definition) is 2. The molecule has 1 amide bonds. The Hall–Kier alpha value is -3.58. The van der Waals surface area contributed by atoms with E-state index in [0.29, 0.717) is 11.6 Å². The largest absolute Gasteiger partial charge is 0.341 e. The SMILES string of the molecule is C[C@H]1CCCN1Cc1nc2ccc(NC(=O)c3ccc(-c4cnccn4)cc3)cc2[nH]1. The van der Waals surface area contributed by atoms with Crippen LogP contribution in [-0.4, -0.2) is 43.3 Å². The van der Waals surface area contributed by atoms with Gasteiger partial charge in [-0.3, -0.25) is 19.7 Å². The van der Waals surface area contributed by atoms with Crippen molar-refractivity contribution >= 4 is 22.6 Å². The number of fused-ring (bicyclic) bond motifs is 1. The average Bonchev–Trinajstić information content (AvgIpc) is 3.39. The Kier molecular flexibility index (Phi) is 5.18. The Morgan fingerprint density at radius 2 is 2.06 bits per heavy atom. The zero-order valence-corrected chi connectivity index (χ0v) is 17.4. The smallest absolute Gasteiger partial charge is 0.255 e. The molecule has 5 rings (SSSR count). The van der Waals surface area contributed by atoms with E-state index < -0.39 is 0 Å². The van der Waals surface area contributed by atoms with Gasteiger partial charge >= 0.3 is 0 Å². The Balaban J connectivity index is 1.29. The number of H-pyrrole nitrogens is 1. The maximum Gasteiger partial charge on any atom is 0.255 e. The molecule has 7 nitrogen and oxygen atoms in total. The maximum absolute atomic E-state index is 12.7. The van der Waals surface area contributed by atoms with Crippen LogP contribution < -0.4 is 5.32 Å². The second-order valence-corrected chi connectivity index (χ2v) is 8.00. The molecular formula is C24H24N6O. The number of aromatic amines is 1. The first-order chi connectivity index (χ1) is 15.2. The Labute approximate surface area is 180 Å². The Morgan fingerprint density at radius 1 is 1.19 bits per heavy atom. The zero-order chi connectivity index (χ0) is 21.2.